The lowest BCUT2D eigenvalue weighted by Gasteiger charge is -2.35. The Balaban J connectivity index is 0.00000180. The second-order valence-corrected chi connectivity index (χ2v) is 5.70. The molecule has 1 N–H and O–H groups in total. The van der Waals surface area contributed by atoms with E-state index in [1.54, 1.807) is 0 Å². The van der Waals surface area contributed by atoms with E-state index in [0.29, 0.717) is 6.04 Å². The van der Waals surface area contributed by atoms with Crippen LogP contribution in [0.3, 0.4) is 0 Å². The van der Waals surface area contributed by atoms with E-state index in [-0.39, 0.29) is 18.3 Å². The van der Waals surface area contributed by atoms with Crippen molar-refractivity contribution < 1.29 is 9.90 Å². The van der Waals surface area contributed by atoms with Crippen LogP contribution in [0.15, 0.2) is 28.7 Å². The summed E-state index contributed by atoms with van der Waals surface area (Å²) in [6, 6.07) is 8.56. The largest absolute Gasteiger partial charge is 0.481 e. The molecule has 1 aliphatic rings. The second-order valence-electron chi connectivity index (χ2n) is 4.85. The van der Waals surface area contributed by atoms with Gasteiger partial charge >= 0.3 is 5.97 Å². The molecule has 0 spiro atoms. The number of aliphatic carboxylic acids is 1. The number of benzene rings is 1. The Bertz CT molecular complexity index is 433. The Morgan fingerprint density at radius 2 is 1.95 bits per heavy atom. The highest BCUT2D eigenvalue weighted by molar-refractivity contribution is 9.10. The predicted octanol–water partition coefficient (Wildman–Crippen LogP) is 3.73. The maximum Gasteiger partial charge on any atom is 0.306 e. The van der Waals surface area contributed by atoms with Crippen molar-refractivity contribution in [2.75, 3.05) is 13.1 Å². The van der Waals surface area contributed by atoms with Crippen molar-refractivity contribution in [3.63, 3.8) is 0 Å². The molecule has 5 heteroatoms. The number of carboxylic acid groups (broad SMARTS) is 1. The molecule has 3 nitrogen and oxygen atoms in total. The first kappa shape index (κ1) is 16.5. The van der Waals surface area contributed by atoms with Crippen LogP contribution in [0.1, 0.15) is 31.4 Å². The smallest absolute Gasteiger partial charge is 0.306 e. The number of hydrogen-bond acceptors (Lipinski definition) is 2. The van der Waals surface area contributed by atoms with Crippen LogP contribution in [0.4, 0.5) is 0 Å². The summed E-state index contributed by atoms with van der Waals surface area (Å²) in [5, 5.41) is 9.00. The average Bonchev–Trinajstić information content (AvgIpc) is 2.38. The molecule has 1 aliphatic heterocycles. The molecule has 2 rings (SSSR count). The lowest BCUT2D eigenvalue weighted by Crippen LogP contribution is -2.37. The van der Waals surface area contributed by atoms with E-state index in [0.717, 1.165) is 30.4 Å². The maximum absolute atomic E-state index is 10.9. The fraction of sp³-hybridized carbons (Fsp3) is 0.500. The molecule has 0 saturated carbocycles. The van der Waals surface area contributed by atoms with E-state index in [4.69, 9.17) is 5.11 Å². The van der Waals surface area contributed by atoms with E-state index in [9.17, 15) is 4.79 Å². The summed E-state index contributed by atoms with van der Waals surface area (Å²) in [4.78, 5) is 13.3. The molecule has 1 atom stereocenters. The second kappa shape index (κ2) is 7.27. The number of rotatable bonds is 3. The summed E-state index contributed by atoms with van der Waals surface area (Å²) >= 11 is 3.58. The molecule has 0 radical (unpaired) electrons. The molecule has 0 bridgehead atoms. The molecular weight excluding hydrogens is 330 g/mol. The first-order valence-electron chi connectivity index (χ1n) is 6.31. The third kappa shape index (κ3) is 3.94. The molecule has 1 heterocycles. The SMILES string of the molecule is CC(c1ccccc1Br)N1CCC(C(=O)O)CC1.Cl. The molecule has 1 fully saturated rings. The summed E-state index contributed by atoms with van der Waals surface area (Å²) < 4.78 is 1.12. The molecule has 1 aromatic carbocycles. The van der Waals surface area contributed by atoms with Crippen LogP contribution in [0.2, 0.25) is 0 Å². The van der Waals surface area contributed by atoms with E-state index < -0.39 is 5.97 Å². The topological polar surface area (TPSA) is 40.5 Å². The zero-order chi connectivity index (χ0) is 13.1. The fourth-order valence-electron chi connectivity index (χ4n) is 2.54. The summed E-state index contributed by atoms with van der Waals surface area (Å²) in [5.74, 6) is -0.809. The van der Waals surface area contributed by atoms with E-state index in [1.807, 2.05) is 12.1 Å². The highest BCUT2D eigenvalue weighted by Gasteiger charge is 2.27. The van der Waals surface area contributed by atoms with Crippen molar-refractivity contribution in [3.8, 4) is 0 Å². The van der Waals surface area contributed by atoms with Gasteiger partial charge < -0.3 is 5.11 Å². The van der Waals surface area contributed by atoms with Crippen molar-refractivity contribution in [2.24, 2.45) is 5.92 Å². The van der Waals surface area contributed by atoms with Gasteiger partial charge in [-0.2, -0.15) is 0 Å². The maximum atomic E-state index is 10.9. The Labute approximate surface area is 128 Å². The third-order valence-electron chi connectivity index (χ3n) is 3.78. The van der Waals surface area contributed by atoms with Gasteiger partial charge in [0.25, 0.3) is 0 Å². The Hall–Kier alpha value is -0.580. The van der Waals surface area contributed by atoms with Gasteiger partial charge in [-0.15, -0.1) is 12.4 Å². The van der Waals surface area contributed by atoms with Gasteiger partial charge in [-0.1, -0.05) is 34.1 Å². The number of carboxylic acids is 1. The summed E-state index contributed by atoms with van der Waals surface area (Å²) in [6.45, 7) is 3.90. The van der Waals surface area contributed by atoms with Gasteiger partial charge in [-0.3, -0.25) is 9.69 Å². The van der Waals surface area contributed by atoms with Gasteiger partial charge in [-0.25, -0.2) is 0 Å². The van der Waals surface area contributed by atoms with Gasteiger partial charge in [0.2, 0.25) is 0 Å². The quantitative estimate of drug-likeness (QED) is 0.905. The lowest BCUT2D eigenvalue weighted by molar-refractivity contribution is -0.143. The number of carbonyl (C=O) groups is 1. The first-order chi connectivity index (χ1) is 8.59. The van der Waals surface area contributed by atoms with Crippen molar-refractivity contribution in [2.45, 2.75) is 25.8 Å². The number of likely N-dealkylation sites (tertiary alicyclic amines) is 1. The lowest BCUT2D eigenvalue weighted by atomic mass is 9.95. The molecule has 1 saturated heterocycles. The van der Waals surface area contributed by atoms with Gasteiger partial charge in [0.05, 0.1) is 5.92 Å². The minimum Gasteiger partial charge on any atom is -0.481 e. The average molecular weight is 349 g/mol. The van der Waals surface area contributed by atoms with Gasteiger partial charge in [0.15, 0.2) is 0 Å². The van der Waals surface area contributed by atoms with Crippen LogP contribution in [0.5, 0.6) is 0 Å². The fourth-order valence-corrected chi connectivity index (χ4v) is 3.16. The molecule has 0 aromatic heterocycles. The van der Waals surface area contributed by atoms with Crippen LogP contribution in [0.25, 0.3) is 0 Å². The molecule has 0 amide bonds. The van der Waals surface area contributed by atoms with Gasteiger partial charge in [0.1, 0.15) is 0 Å². The highest BCUT2D eigenvalue weighted by Crippen LogP contribution is 2.30. The standard InChI is InChI=1S/C14H18BrNO2.ClH/c1-10(12-4-2-3-5-13(12)15)16-8-6-11(7-9-16)14(17)18;/h2-5,10-11H,6-9H2,1H3,(H,17,18);1H. The van der Waals surface area contributed by atoms with Gasteiger partial charge in [-0.05, 0) is 44.5 Å². The van der Waals surface area contributed by atoms with Crippen molar-refractivity contribution >= 4 is 34.3 Å². The number of piperidine rings is 1. The molecule has 1 aromatic rings. The van der Waals surface area contributed by atoms with Crippen LogP contribution >= 0.6 is 28.3 Å². The van der Waals surface area contributed by atoms with E-state index >= 15 is 0 Å². The summed E-state index contributed by atoms with van der Waals surface area (Å²) in [5.41, 5.74) is 1.27. The number of halogens is 2. The first-order valence-corrected chi connectivity index (χ1v) is 7.10. The number of hydrogen-bond donors (Lipinski definition) is 1. The van der Waals surface area contributed by atoms with E-state index in [1.165, 1.54) is 5.56 Å². The molecular formula is C14H19BrClNO2. The normalized spacial score (nSPS) is 18.6. The number of nitrogens with zero attached hydrogens (tertiary/aromatic N) is 1. The Kier molecular flexibility index (Phi) is 6.30. The predicted molar refractivity (Wildman–Crippen MR) is 81.7 cm³/mol. The zero-order valence-corrected chi connectivity index (χ0v) is 13.3. The monoisotopic (exact) mass is 347 g/mol. The van der Waals surface area contributed by atoms with Crippen LogP contribution in [-0.4, -0.2) is 29.1 Å². The minimum absolute atomic E-state index is 0. The summed E-state index contributed by atoms with van der Waals surface area (Å²) in [6.07, 6.45) is 1.51. The minimum atomic E-state index is -0.650. The Morgan fingerprint density at radius 1 is 1.37 bits per heavy atom. The van der Waals surface area contributed by atoms with Crippen molar-refractivity contribution in [1.82, 2.24) is 4.90 Å². The van der Waals surface area contributed by atoms with Gasteiger partial charge in [0, 0.05) is 10.5 Å². The molecule has 0 aliphatic carbocycles. The Morgan fingerprint density at radius 3 is 2.47 bits per heavy atom. The molecule has 19 heavy (non-hydrogen) atoms. The van der Waals surface area contributed by atoms with Crippen molar-refractivity contribution in [1.29, 1.82) is 0 Å². The molecule has 1 unspecified atom stereocenters. The van der Waals surface area contributed by atoms with Crippen LogP contribution < -0.4 is 0 Å². The molecule has 106 valence electrons. The van der Waals surface area contributed by atoms with Crippen LogP contribution in [-0.2, 0) is 4.79 Å². The van der Waals surface area contributed by atoms with Crippen LogP contribution in [0, 0.1) is 5.92 Å². The third-order valence-corrected chi connectivity index (χ3v) is 4.50. The van der Waals surface area contributed by atoms with Crippen molar-refractivity contribution in [3.05, 3.63) is 34.3 Å². The highest BCUT2D eigenvalue weighted by atomic mass is 79.9. The summed E-state index contributed by atoms with van der Waals surface area (Å²) in [7, 11) is 0. The zero-order valence-electron chi connectivity index (χ0n) is 10.9. The van der Waals surface area contributed by atoms with E-state index in [2.05, 4.69) is 39.9 Å².